The van der Waals surface area contributed by atoms with Gasteiger partial charge in [-0.25, -0.2) is 0 Å². The number of hydrogen-bond donors (Lipinski definition) is 0. The van der Waals surface area contributed by atoms with E-state index in [1.165, 1.54) is 45.0 Å². The van der Waals surface area contributed by atoms with E-state index in [-0.39, 0.29) is 0 Å². The van der Waals surface area contributed by atoms with Gasteiger partial charge in [-0.1, -0.05) is 119 Å². The van der Waals surface area contributed by atoms with Gasteiger partial charge in [0, 0.05) is 11.4 Å². The molecule has 4 rings (SSSR count). The molecule has 0 bridgehead atoms. The van der Waals surface area contributed by atoms with Crippen LogP contribution in [-0.2, 0) is 25.7 Å². The lowest BCUT2D eigenvalue weighted by Gasteiger charge is -2.40. The molecule has 0 atom stereocenters. The molecule has 44 heavy (non-hydrogen) atoms. The first kappa shape index (κ1) is 34.9. The van der Waals surface area contributed by atoms with Gasteiger partial charge >= 0.3 is 0 Å². The molecular formula is C40H60N2P2. The molecule has 0 radical (unpaired) electrons. The van der Waals surface area contributed by atoms with Crippen molar-refractivity contribution < 1.29 is 0 Å². The summed E-state index contributed by atoms with van der Waals surface area (Å²) >= 11 is 0. The fourth-order valence-corrected chi connectivity index (χ4v) is 17.3. The first-order valence-electron chi connectivity index (χ1n) is 17.4. The monoisotopic (exact) mass is 630 g/mol. The highest BCUT2D eigenvalue weighted by molar-refractivity contribution is 8.28. The maximum absolute atomic E-state index is 2.92. The van der Waals surface area contributed by atoms with Gasteiger partial charge in [0.1, 0.15) is 0 Å². The molecule has 4 heteroatoms. The normalized spacial score (nSPS) is 14.6. The fraction of sp³-hybridized carbons (Fsp3) is 0.550. The molecule has 3 aromatic rings. The highest BCUT2D eigenvalue weighted by Gasteiger charge is 2.44. The largest absolute Gasteiger partial charge is 0.297 e. The number of nitrogens with zero attached hydrogens (tertiary/aromatic N) is 2. The lowest BCUT2D eigenvalue weighted by molar-refractivity contribution is 0.831. The van der Waals surface area contributed by atoms with E-state index in [1.807, 2.05) is 0 Å². The molecule has 2 aromatic carbocycles. The standard InChI is InChI=1S/C40H60N2P2/c1-15-31-32(16-2)38(18-4)43(37(31)17-3)44-41(39-33(25(5)6)21-19-22-34(39)26(7)8)29(13)30(14)42(44)40-35(27(9)10)23-20-24-36(40)28(11)12/h19-28H,15-18H2,1-14H3. The van der Waals surface area contributed by atoms with E-state index in [4.69, 9.17) is 0 Å². The summed E-state index contributed by atoms with van der Waals surface area (Å²) in [7, 11) is -1.32. The maximum Gasteiger partial charge on any atom is 0.156 e. The molecule has 0 spiro atoms. The van der Waals surface area contributed by atoms with Crippen molar-refractivity contribution in [1.29, 1.82) is 0 Å². The summed E-state index contributed by atoms with van der Waals surface area (Å²) in [6, 6.07) is 14.3. The van der Waals surface area contributed by atoms with Crippen molar-refractivity contribution in [3.05, 3.63) is 91.8 Å². The number of para-hydroxylation sites is 2. The smallest absolute Gasteiger partial charge is 0.156 e. The van der Waals surface area contributed by atoms with Crippen LogP contribution in [0.4, 0.5) is 11.4 Å². The topological polar surface area (TPSA) is 6.48 Å². The van der Waals surface area contributed by atoms with Gasteiger partial charge in [0.05, 0.1) is 11.4 Å². The summed E-state index contributed by atoms with van der Waals surface area (Å²) in [5.74, 6) is 1.81. The van der Waals surface area contributed by atoms with Crippen LogP contribution in [0.2, 0.25) is 0 Å². The Morgan fingerprint density at radius 1 is 0.500 bits per heavy atom. The Hall–Kier alpha value is -2.01. The summed E-state index contributed by atoms with van der Waals surface area (Å²) in [4.78, 5) is 0. The Morgan fingerprint density at radius 2 is 0.795 bits per heavy atom. The Labute approximate surface area is 273 Å². The molecule has 0 unspecified atom stereocenters. The molecule has 0 N–H and O–H groups in total. The van der Waals surface area contributed by atoms with Crippen molar-refractivity contribution in [2.75, 3.05) is 9.34 Å². The zero-order chi connectivity index (χ0) is 32.6. The lowest BCUT2D eigenvalue weighted by atomic mass is 9.92. The molecule has 0 aliphatic carbocycles. The van der Waals surface area contributed by atoms with Crippen LogP contribution in [0.15, 0.2) is 47.8 Å². The van der Waals surface area contributed by atoms with E-state index in [1.54, 1.807) is 21.7 Å². The average molecular weight is 631 g/mol. The van der Waals surface area contributed by atoms with Gasteiger partial charge in [0.15, 0.2) is 7.91 Å². The van der Waals surface area contributed by atoms with Gasteiger partial charge in [-0.3, -0.25) is 9.34 Å². The third-order valence-electron chi connectivity index (χ3n) is 9.75. The van der Waals surface area contributed by atoms with Crippen molar-refractivity contribution in [2.24, 2.45) is 0 Å². The first-order valence-corrected chi connectivity index (χ1v) is 20.7. The van der Waals surface area contributed by atoms with Crippen LogP contribution >= 0.6 is 15.1 Å². The zero-order valence-electron chi connectivity index (χ0n) is 30.4. The maximum atomic E-state index is 2.92. The van der Waals surface area contributed by atoms with E-state index >= 15 is 0 Å². The van der Waals surface area contributed by atoms with Crippen LogP contribution < -0.4 is 9.34 Å². The van der Waals surface area contributed by atoms with E-state index in [0.717, 1.165) is 25.7 Å². The van der Waals surface area contributed by atoms with Gasteiger partial charge in [0.2, 0.25) is 0 Å². The van der Waals surface area contributed by atoms with Gasteiger partial charge in [-0.05, 0) is 114 Å². The number of rotatable bonds is 11. The van der Waals surface area contributed by atoms with Crippen molar-refractivity contribution >= 4 is 26.5 Å². The highest BCUT2D eigenvalue weighted by atomic mass is 32.1. The predicted octanol–water partition coefficient (Wildman–Crippen LogP) is 13.8. The Kier molecular flexibility index (Phi) is 11.2. The van der Waals surface area contributed by atoms with Gasteiger partial charge < -0.3 is 0 Å². The molecule has 240 valence electrons. The highest BCUT2D eigenvalue weighted by Crippen LogP contribution is 2.79. The fourth-order valence-electron chi connectivity index (χ4n) is 7.41. The molecule has 1 aliphatic heterocycles. The summed E-state index contributed by atoms with van der Waals surface area (Å²) in [6.07, 6.45) is 4.57. The quantitative estimate of drug-likeness (QED) is 0.195. The van der Waals surface area contributed by atoms with E-state index < -0.39 is 15.1 Å². The first-order chi connectivity index (χ1) is 20.9. The Balaban J connectivity index is 2.25. The average Bonchev–Trinajstić information content (AvgIpc) is 3.44. The third kappa shape index (κ3) is 5.84. The van der Waals surface area contributed by atoms with Crippen molar-refractivity contribution in [3.8, 4) is 0 Å². The molecule has 2 nitrogen and oxygen atoms in total. The van der Waals surface area contributed by atoms with Gasteiger partial charge in [-0.15, -0.1) is 0 Å². The van der Waals surface area contributed by atoms with Crippen LogP contribution in [0, 0.1) is 0 Å². The molecule has 2 heterocycles. The molecule has 0 saturated heterocycles. The zero-order valence-corrected chi connectivity index (χ0v) is 32.2. The van der Waals surface area contributed by atoms with Crippen LogP contribution in [0.3, 0.4) is 0 Å². The molecule has 1 aromatic heterocycles. The minimum Gasteiger partial charge on any atom is -0.297 e. The Bertz CT molecular complexity index is 1340. The molecule has 0 amide bonds. The summed E-state index contributed by atoms with van der Waals surface area (Å²) < 4.78 is 5.83. The molecule has 0 saturated carbocycles. The second kappa shape index (κ2) is 14.2. The summed E-state index contributed by atoms with van der Waals surface area (Å²) in [6.45, 7) is 33.6. The minimum absolute atomic E-state index is 0.452. The molecular weight excluding hydrogens is 570 g/mol. The lowest BCUT2D eigenvalue weighted by Crippen LogP contribution is -2.20. The third-order valence-corrected chi connectivity index (χ3v) is 17.6. The van der Waals surface area contributed by atoms with Crippen molar-refractivity contribution in [1.82, 2.24) is 0 Å². The molecule has 0 fully saturated rings. The second-order valence-corrected chi connectivity index (χ2v) is 19.1. The van der Waals surface area contributed by atoms with Crippen LogP contribution in [-0.4, -0.2) is 0 Å². The van der Waals surface area contributed by atoms with Crippen molar-refractivity contribution in [3.63, 3.8) is 0 Å². The van der Waals surface area contributed by atoms with Crippen LogP contribution in [0.1, 0.15) is 165 Å². The SMILES string of the molecule is CCc1c(CC)c(CC)p(P2N(c3c(C(C)C)cccc3C(C)C)C(C)=C(C)N2c2c(C(C)C)cccc2C(C)C)c1CC. The molecule has 1 aliphatic rings. The summed E-state index contributed by atoms with van der Waals surface area (Å²) in [5.41, 5.74) is 15.2. The van der Waals surface area contributed by atoms with E-state index in [9.17, 15) is 0 Å². The number of allylic oxidation sites excluding steroid dienone is 2. The minimum atomic E-state index is -0.782. The number of benzene rings is 2. The van der Waals surface area contributed by atoms with E-state index in [0.29, 0.717) is 23.7 Å². The van der Waals surface area contributed by atoms with Gasteiger partial charge in [0.25, 0.3) is 0 Å². The van der Waals surface area contributed by atoms with E-state index in [2.05, 4.69) is 143 Å². The summed E-state index contributed by atoms with van der Waals surface area (Å²) in [5, 5.41) is 3.53. The van der Waals surface area contributed by atoms with Gasteiger partial charge in [-0.2, -0.15) is 0 Å². The second-order valence-electron chi connectivity index (χ2n) is 13.8. The number of anilines is 2. The number of hydrogen-bond acceptors (Lipinski definition) is 2. The Morgan fingerprint density at radius 3 is 1.02 bits per heavy atom. The van der Waals surface area contributed by atoms with Crippen LogP contribution in [0.25, 0.3) is 0 Å². The van der Waals surface area contributed by atoms with Crippen molar-refractivity contribution in [2.45, 2.75) is 146 Å². The van der Waals surface area contributed by atoms with Crippen LogP contribution in [0.5, 0.6) is 0 Å². The predicted molar refractivity (Wildman–Crippen MR) is 202 cm³/mol.